The van der Waals surface area contributed by atoms with E-state index < -0.39 is 0 Å². The quantitative estimate of drug-likeness (QED) is 0.939. The van der Waals surface area contributed by atoms with Crippen LogP contribution in [0.1, 0.15) is 24.1 Å². The number of rotatable bonds is 4. The van der Waals surface area contributed by atoms with Crippen LogP contribution in [-0.2, 0) is 11.2 Å². The molecule has 0 radical (unpaired) electrons. The van der Waals surface area contributed by atoms with E-state index in [0.29, 0.717) is 11.4 Å². The molecule has 0 saturated carbocycles. The minimum absolute atomic E-state index is 0.0347. The van der Waals surface area contributed by atoms with E-state index in [-0.39, 0.29) is 18.7 Å². The number of nitrogens with one attached hydrogen (secondary N) is 1. The average molecular weight is 318 g/mol. The number of carbonyl (C=O) groups excluding carboxylic acids is 1. The maximum atomic E-state index is 12.1. The first-order valence-corrected chi connectivity index (χ1v) is 7.43. The first-order valence-electron chi connectivity index (χ1n) is 7.05. The Bertz CT molecular complexity index is 685. The minimum atomic E-state index is -0.102. The topological polar surface area (TPSA) is 47.6 Å². The highest BCUT2D eigenvalue weighted by molar-refractivity contribution is 6.30. The predicted molar refractivity (Wildman–Crippen MR) is 84.3 cm³/mol. The van der Waals surface area contributed by atoms with Gasteiger partial charge in [-0.15, -0.1) is 0 Å². The van der Waals surface area contributed by atoms with Crippen molar-refractivity contribution >= 4 is 17.5 Å². The summed E-state index contributed by atoms with van der Waals surface area (Å²) >= 11 is 5.84. The summed E-state index contributed by atoms with van der Waals surface area (Å²) in [7, 11) is 0. The number of hydrogen-bond donors (Lipinski definition) is 1. The molecule has 3 rings (SSSR count). The molecule has 0 spiro atoms. The Hall–Kier alpha value is -2.20. The number of fused-ring (bicyclic) bond motifs is 1. The summed E-state index contributed by atoms with van der Waals surface area (Å²) in [6, 6.07) is 12.9. The maximum Gasteiger partial charge on any atom is 0.231 e. The van der Waals surface area contributed by atoms with E-state index in [1.807, 2.05) is 37.3 Å². The van der Waals surface area contributed by atoms with Crippen LogP contribution in [0, 0.1) is 0 Å². The Morgan fingerprint density at radius 3 is 2.68 bits per heavy atom. The standard InChI is InChI=1S/C17H16ClNO3/c1-11(13-4-7-15-16(9-13)22-10-21-15)19-17(20)8-12-2-5-14(18)6-3-12/h2-7,9,11H,8,10H2,1H3,(H,19,20)/t11-/m1/s1. The third-order valence-corrected chi connectivity index (χ3v) is 3.80. The largest absolute Gasteiger partial charge is 0.454 e. The number of amides is 1. The molecule has 4 nitrogen and oxygen atoms in total. The van der Waals surface area contributed by atoms with Crippen molar-refractivity contribution in [1.29, 1.82) is 0 Å². The normalized spacial score (nSPS) is 13.7. The lowest BCUT2D eigenvalue weighted by Gasteiger charge is -2.15. The van der Waals surface area contributed by atoms with Crippen LogP contribution >= 0.6 is 11.6 Å². The molecule has 2 aromatic rings. The van der Waals surface area contributed by atoms with Gasteiger partial charge in [0.05, 0.1) is 12.5 Å². The number of ether oxygens (including phenoxy) is 2. The van der Waals surface area contributed by atoms with Crippen molar-refractivity contribution in [2.45, 2.75) is 19.4 Å². The van der Waals surface area contributed by atoms with Crippen LogP contribution < -0.4 is 14.8 Å². The fourth-order valence-electron chi connectivity index (χ4n) is 2.35. The van der Waals surface area contributed by atoms with Crippen LogP contribution in [0.3, 0.4) is 0 Å². The molecule has 0 bridgehead atoms. The molecule has 1 heterocycles. The highest BCUT2D eigenvalue weighted by atomic mass is 35.5. The van der Waals surface area contributed by atoms with Crippen LogP contribution in [0.5, 0.6) is 11.5 Å². The first kappa shape index (κ1) is 14.7. The molecular weight excluding hydrogens is 302 g/mol. The van der Waals surface area contributed by atoms with Gasteiger partial charge in [-0.2, -0.15) is 0 Å². The van der Waals surface area contributed by atoms with Crippen molar-refractivity contribution in [3.05, 3.63) is 58.6 Å². The van der Waals surface area contributed by atoms with Gasteiger partial charge >= 0.3 is 0 Å². The summed E-state index contributed by atoms with van der Waals surface area (Å²) in [4.78, 5) is 12.1. The summed E-state index contributed by atoms with van der Waals surface area (Å²) in [5.41, 5.74) is 1.91. The monoisotopic (exact) mass is 317 g/mol. The molecule has 0 unspecified atom stereocenters. The second kappa shape index (κ2) is 6.28. The summed E-state index contributed by atoms with van der Waals surface area (Å²) in [5.74, 6) is 1.42. The molecule has 1 atom stereocenters. The molecule has 22 heavy (non-hydrogen) atoms. The van der Waals surface area contributed by atoms with Gasteiger partial charge in [-0.25, -0.2) is 0 Å². The second-order valence-electron chi connectivity index (χ2n) is 5.21. The lowest BCUT2D eigenvalue weighted by Crippen LogP contribution is -2.28. The van der Waals surface area contributed by atoms with Crippen LogP contribution in [0.2, 0.25) is 5.02 Å². The lowest BCUT2D eigenvalue weighted by atomic mass is 10.1. The SMILES string of the molecule is C[C@@H](NC(=O)Cc1ccc(Cl)cc1)c1ccc2c(c1)OCO2. The van der Waals surface area contributed by atoms with Crippen molar-refractivity contribution in [1.82, 2.24) is 5.32 Å². The summed E-state index contributed by atoms with van der Waals surface area (Å²) < 4.78 is 10.6. The smallest absolute Gasteiger partial charge is 0.231 e. The van der Waals surface area contributed by atoms with Gasteiger partial charge in [-0.1, -0.05) is 29.8 Å². The van der Waals surface area contributed by atoms with Crippen molar-refractivity contribution in [2.24, 2.45) is 0 Å². The number of hydrogen-bond acceptors (Lipinski definition) is 3. The van der Waals surface area contributed by atoms with Crippen LogP contribution in [0.4, 0.5) is 0 Å². The third kappa shape index (κ3) is 3.34. The van der Waals surface area contributed by atoms with Crippen LogP contribution in [0.15, 0.2) is 42.5 Å². The molecule has 2 aromatic carbocycles. The van der Waals surface area contributed by atoms with E-state index in [2.05, 4.69) is 5.32 Å². The maximum absolute atomic E-state index is 12.1. The highest BCUT2D eigenvalue weighted by Crippen LogP contribution is 2.34. The molecule has 0 aliphatic carbocycles. The summed E-state index contributed by atoms with van der Waals surface area (Å²) in [6.07, 6.45) is 0.325. The number of carbonyl (C=O) groups is 1. The molecular formula is C17H16ClNO3. The van der Waals surface area contributed by atoms with Gasteiger partial charge in [0.15, 0.2) is 11.5 Å². The van der Waals surface area contributed by atoms with E-state index >= 15 is 0 Å². The van der Waals surface area contributed by atoms with E-state index in [0.717, 1.165) is 22.6 Å². The molecule has 114 valence electrons. The zero-order chi connectivity index (χ0) is 15.5. The Morgan fingerprint density at radius 1 is 1.18 bits per heavy atom. The van der Waals surface area contributed by atoms with E-state index in [1.54, 1.807) is 12.1 Å². The molecule has 5 heteroatoms. The second-order valence-corrected chi connectivity index (χ2v) is 5.64. The van der Waals surface area contributed by atoms with Gasteiger partial charge in [0, 0.05) is 5.02 Å². The molecule has 1 amide bonds. The molecule has 0 aromatic heterocycles. The van der Waals surface area contributed by atoms with Gasteiger partial charge in [-0.3, -0.25) is 4.79 Å². The van der Waals surface area contributed by atoms with E-state index in [4.69, 9.17) is 21.1 Å². The van der Waals surface area contributed by atoms with Crippen molar-refractivity contribution < 1.29 is 14.3 Å². The zero-order valence-electron chi connectivity index (χ0n) is 12.1. The molecule has 0 fully saturated rings. The van der Waals surface area contributed by atoms with Crippen molar-refractivity contribution in [2.75, 3.05) is 6.79 Å². The van der Waals surface area contributed by atoms with Gasteiger partial charge in [0.1, 0.15) is 0 Å². The first-order chi connectivity index (χ1) is 10.6. The van der Waals surface area contributed by atoms with Gasteiger partial charge < -0.3 is 14.8 Å². The third-order valence-electron chi connectivity index (χ3n) is 3.55. The fourth-order valence-corrected chi connectivity index (χ4v) is 2.47. The summed E-state index contributed by atoms with van der Waals surface area (Å²) in [6.45, 7) is 2.19. The van der Waals surface area contributed by atoms with E-state index in [9.17, 15) is 4.79 Å². The molecule has 1 aliphatic rings. The molecule has 0 saturated heterocycles. The zero-order valence-corrected chi connectivity index (χ0v) is 12.9. The Labute approximate surface area is 134 Å². The number of benzene rings is 2. The van der Waals surface area contributed by atoms with Crippen molar-refractivity contribution in [3.8, 4) is 11.5 Å². The highest BCUT2D eigenvalue weighted by Gasteiger charge is 2.16. The Morgan fingerprint density at radius 2 is 1.91 bits per heavy atom. The lowest BCUT2D eigenvalue weighted by molar-refractivity contribution is -0.121. The van der Waals surface area contributed by atoms with E-state index in [1.165, 1.54) is 0 Å². The minimum Gasteiger partial charge on any atom is -0.454 e. The van der Waals surface area contributed by atoms with Gasteiger partial charge in [0.2, 0.25) is 12.7 Å². The number of halogens is 1. The molecule has 1 N–H and O–H groups in total. The van der Waals surface area contributed by atoms with Crippen molar-refractivity contribution in [3.63, 3.8) is 0 Å². The van der Waals surface area contributed by atoms with Gasteiger partial charge in [-0.05, 0) is 42.3 Å². The summed E-state index contributed by atoms with van der Waals surface area (Å²) in [5, 5.41) is 3.65. The molecule has 1 aliphatic heterocycles. The Balaban J connectivity index is 1.62. The van der Waals surface area contributed by atoms with Gasteiger partial charge in [0.25, 0.3) is 0 Å². The van der Waals surface area contributed by atoms with Crippen LogP contribution in [0.25, 0.3) is 0 Å². The predicted octanol–water partition coefficient (Wildman–Crippen LogP) is 3.49. The average Bonchev–Trinajstić information content (AvgIpc) is 2.97. The fraction of sp³-hybridized carbons (Fsp3) is 0.235. The Kier molecular flexibility index (Phi) is 4.20. The van der Waals surface area contributed by atoms with Crippen LogP contribution in [-0.4, -0.2) is 12.7 Å².